The Hall–Kier alpha value is 1.05. The Balaban J connectivity index is 0.000000250. The molecule has 0 heterocycles. The summed E-state index contributed by atoms with van der Waals surface area (Å²) < 4.78 is 0. The van der Waals surface area contributed by atoms with E-state index in [4.69, 9.17) is 0 Å². The average molecular weight is 306 g/mol. The molecule has 1 fully saturated rings. The van der Waals surface area contributed by atoms with Crippen molar-refractivity contribution >= 4 is 0 Å². The van der Waals surface area contributed by atoms with Gasteiger partial charge in [0.2, 0.25) is 0 Å². The fourth-order valence-corrected chi connectivity index (χ4v) is 0.589. The summed E-state index contributed by atoms with van der Waals surface area (Å²) in [6.07, 6.45) is 8.50. The normalized spacial score (nSPS) is 20.0. The molecule has 0 N–H and O–H groups in total. The minimum Gasteiger partial charge on any atom is -0.360 e. The van der Waals surface area contributed by atoms with Crippen molar-refractivity contribution in [3.63, 3.8) is 0 Å². The monoisotopic (exact) mass is 306 g/mol. The molecule has 0 nitrogen and oxygen atoms in total. The molecular formula is C5H8U. The van der Waals surface area contributed by atoms with Gasteiger partial charge in [0.1, 0.15) is 0 Å². The van der Waals surface area contributed by atoms with Gasteiger partial charge in [0.25, 0.3) is 0 Å². The molecule has 0 saturated heterocycles. The molecule has 1 saturated carbocycles. The molecule has 0 atom stereocenters. The summed E-state index contributed by atoms with van der Waals surface area (Å²) in [5.41, 5.74) is 0. The van der Waals surface area contributed by atoms with E-state index in [1.807, 2.05) is 0 Å². The number of hydrogen-bond acceptors (Lipinski definition) is 0. The first-order valence-corrected chi connectivity index (χ1v) is 2.13. The Labute approximate surface area is 63.1 Å². The van der Waals surface area contributed by atoms with E-state index in [9.17, 15) is 0 Å². The molecule has 1 rings (SSSR count). The topological polar surface area (TPSA) is 0 Å². The molecule has 0 unspecified atom stereocenters. The fourth-order valence-electron chi connectivity index (χ4n) is 0.589. The number of rotatable bonds is 0. The second kappa shape index (κ2) is 4.22. The summed E-state index contributed by atoms with van der Waals surface area (Å²) in [6, 6.07) is 0. The van der Waals surface area contributed by atoms with Gasteiger partial charge in [-0.2, -0.15) is 0 Å². The minimum atomic E-state index is 0. The summed E-state index contributed by atoms with van der Waals surface area (Å²) in [5.74, 6) is 0. The van der Waals surface area contributed by atoms with E-state index < -0.39 is 0 Å². The van der Waals surface area contributed by atoms with Gasteiger partial charge in [-0.25, -0.2) is 12.8 Å². The van der Waals surface area contributed by atoms with Crippen molar-refractivity contribution in [1.82, 2.24) is 0 Å². The van der Waals surface area contributed by atoms with E-state index in [0.29, 0.717) is 0 Å². The van der Waals surface area contributed by atoms with Gasteiger partial charge >= 0.3 is 31.1 Å². The summed E-state index contributed by atoms with van der Waals surface area (Å²) in [4.78, 5) is 0. The van der Waals surface area contributed by atoms with Gasteiger partial charge in [-0.15, -0.1) is 0 Å². The van der Waals surface area contributed by atoms with Crippen LogP contribution in [0.1, 0.15) is 19.3 Å². The summed E-state index contributed by atoms with van der Waals surface area (Å²) in [6.45, 7) is 0. The van der Waals surface area contributed by atoms with E-state index in [0.717, 1.165) is 0 Å². The summed E-state index contributed by atoms with van der Waals surface area (Å²) in [7, 11) is 0. The second-order valence-electron chi connectivity index (χ2n) is 1.39. The predicted molar refractivity (Wildman–Crippen MR) is 22.5 cm³/mol. The van der Waals surface area contributed by atoms with Gasteiger partial charge in [0.15, 0.2) is 0 Å². The summed E-state index contributed by atoms with van der Waals surface area (Å²) in [5, 5.41) is 0. The van der Waals surface area contributed by atoms with Crippen LogP contribution in [-0.4, -0.2) is 0 Å². The molecule has 0 radical (unpaired) electrons. The number of hydrogen-bond donors (Lipinski definition) is 0. The van der Waals surface area contributed by atoms with Crippen molar-refractivity contribution in [2.75, 3.05) is 0 Å². The van der Waals surface area contributed by atoms with E-state index in [1.165, 1.54) is 19.3 Å². The maximum absolute atomic E-state index is 2.31. The Bertz CT molecular complexity index is 15.5. The smallest absolute Gasteiger partial charge is 0.360 e. The molecule has 1 aliphatic carbocycles. The Kier molecular flexibility index (Phi) is 4.96. The molecular weight excluding hydrogens is 298 g/mol. The molecule has 1 heteroatoms. The van der Waals surface area contributed by atoms with Crippen LogP contribution >= 0.6 is 0 Å². The van der Waals surface area contributed by atoms with Crippen molar-refractivity contribution in [3.8, 4) is 0 Å². The van der Waals surface area contributed by atoms with Crippen LogP contribution in [0, 0.1) is 44.0 Å². The Morgan fingerprint density at radius 1 is 1.00 bits per heavy atom. The van der Waals surface area contributed by atoms with Gasteiger partial charge in [-0.3, -0.25) is 0 Å². The maximum atomic E-state index is 2.31. The molecule has 0 aromatic heterocycles. The van der Waals surface area contributed by atoms with Crippen molar-refractivity contribution < 1.29 is 31.1 Å². The molecule has 6 heavy (non-hydrogen) atoms. The van der Waals surface area contributed by atoms with Crippen LogP contribution in [0.25, 0.3) is 0 Å². The van der Waals surface area contributed by atoms with E-state index in [-0.39, 0.29) is 31.1 Å². The van der Waals surface area contributed by atoms with Crippen LogP contribution in [0.3, 0.4) is 0 Å². The van der Waals surface area contributed by atoms with E-state index in [2.05, 4.69) is 12.8 Å². The first-order chi connectivity index (χ1) is 2.50. The van der Waals surface area contributed by atoms with Crippen LogP contribution in [-0.2, 0) is 0 Å². The molecule has 0 aromatic rings. The zero-order valence-corrected chi connectivity index (χ0v) is 7.94. The van der Waals surface area contributed by atoms with Crippen LogP contribution in [0.4, 0.5) is 0 Å². The average Bonchev–Trinajstić information content (AvgIpc) is 1.76. The predicted octanol–water partition coefficient (Wildman–Crippen LogP) is 1.58. The zero-order valence-electron chi connectivity index (χ0n) is 3.78. The van der Waals surface area contributed by atoms with Gasteiger partial charge in [0.05, 0.1) is 0 Å². The Morgan fingerprint density at radius 3 is 1.67 bits per heavy atom. The molecule has 0 amide bonds. The molecule has 32 valence electrons. The van der Waals surface area contributed by atoms with Gasteiger partial charge in [-0.05, 0) is 0 Å². The standard InChI is InChI=1S/C5H8.U/c1-2-4-5-3-1;/h1,4H,2-3,5H2;/q-2;+2. The van der Waals surface area contributed by atoms with Gasteiger partial charge in [-0.1, -0.05) is 0 Å². The van der Waals surface area contributed by atoms with Gasteiger partial charge in [0, 0.05) is 0 Å². The van der Waals surface area contributed by atoms with E-state index in [1.54, 1.807) is 0 Å². The zero-order chi connectivity index (χ0) is 3.54. The largest absolute Gasteiger partial charge is 2.00 e. The molecule has 1 aliphatic rings. The van der Waals surface area contributed by atoms with Crippen LogP contribution in [0.5, 0.6) is 0 Å². The van der Waals surface area contributed by atoms with Crippen LogP contribution < -0.4 is 0 Å². The third-order valence-electron chi connectivity index (χ3n) is 0.908. The van der Waals surface area contributed by atoms with Crippen molar-refractivity contribution in [1.29, 1.82) is 0 Å². The fraction of sp³-hybridized carbons (Fsp3) is 0.600. The molecule has 0 spiro atoms. The molecule has 0 aliphatic heterocycles. The Morgan fingerprint density at radius 2 is 1.50 bits per heavy atom. The van der Waals surface area contributed by atoms with Crippen LogP contribution in [0.15, 0.2) is 0 Å². The maximum Gasteiger partial charge on any atom is 2.00 e. The third kappa shape index (κ3) is 2.26. The first-order valence-electron chi connectivity index (χ1n) is 2.13. The van der Waals surface area contributed by atoms with Crippen molar-refractivity contribution in [3.05, 3.63) is 12.8 Å². The summed E-state index contributed by atoms with van der Waals surface area (Å²) >= 11 is 0. The quantitative estimate of drug-likeness (QED) is 0.596. The van der Waals surface area contributed by atoms with Gasteiger partial charge < -0.3 is 19.3 Å². The van der Waals surface area contributed by atoms with Crippen molar-refractivity contribution in [2.45, 2.75) is 19.3 Å². The molecule has 0 aromatic carbocycles. The van der Waals surface area contributed by atoms with Crippen LogP contribution in [0.2, 0.25) is 0 Å². The third-order valence-corrected chi connectivity index (χ3v) is 0.908. The van der Waals surface area contributed by atoms with Crippen molar-refractivity contribution in [2.24, 2.45) is 0 Å². The second-order valence-corrected chi connectivity index (χ2v) is 1.39. The first kappa shape index (κ1) is 7.05. The van der Waals surface area contributed by atoms with E-state index >= 15 is 0 Å². The minimum absolute atomic E-state index is 0. The SMILES string of the molecule is [CH-]1C[CH-]CC1.[U+2]. The molecule has 0 bridgehead atoms.